The van der Waals surface area contributed by atoms with Crippen molar-refractivity contribution in [2.45, 2.75) is 34.1 Å². The molecular weight excluding hydrogens is 414 g/mol. The summed E-state index contributed by atoms with van der Waals surface area (Å²) in [6.07, 6.45) is 0.574. The van der Waals surface area contributed by atoms with E-state index in [1.165, 1.54) is 5.56 Å². The molecule has 1 saturated heterocycles. The Hall–Kier alpha value is -3.41. The van der Waals surface area contributed by atoms with E-state index in [-0.39, 0.29) is 17.7 Å². The molecule has 0 unspecified atom stereocenters. The molecule has 2 amide bonds. The highest BCUT2D eigenvalue weighted by Gasteiger charge is 2.34. The Morgan fingerprint density at radius 3 is 2.45 bits per heavy atom. The summed E-state index contributed by atoms with van der Waals surface area (Å²) >= 11 is 0. The van der Waals surface area contributed by atoms with Crippen LogP contribution in [0.15, 0.2) is 53.1 Å². The van der Waals surface area contributed by atoms with Gasteiger partial charge in [0.1, 0.15) is 11.3 Å². The van der Waals surface area contributed by atoms with Gasteiger partial charge in [-0.05, 0) is 50.8 Å². The summed E-state index contributed by atoms with van der Waals surface area (Å²) < 4.78 is 5.22. The molecule has 4 rings (SSSR count). The lowest BCUT2D eigenvalue weighted by atomic mass is 9.91. The summed E-state index contributed by atoms with van der Waals surface area (Å²) in [5.74, 6) is 0.184. The zero-order valence-electron chi connectivity index (χ0n) is 19.8. The van der Waals surface area contributed by atoms with Gasteiger partial charge < -0.3 is 14.3 Å². The maximum atomic E-state index is 13.4. The first-order valence-electron chi connectivity index (χ1n) is 11.5. The Kier molecular flexibility index (Phi) is 6.63. The first-order valence-corrected chi connectivity index (χ1v) is 11.5. The van der Waals surface area contributed by atoms with Crippen LogP contribution >= 0.6 is 0 Å². The summed E-state index contributed by atoms with van der Waals surface area (Å²) in [5, 5.41) is 3.94. The van der Waals surface area contributed by atoms with Gasteiger partial charge in [0.15, 0.2) is 0 Å². The van der Waals surface area contributed by atoms with Gasteiger partial charge in [0, 0.05) is 26.2 Å². The highest BCUT2D eigenvalue weighted by atomic mass is 16.5. The fourth-order valence-electron chi connectivity index (χ4n) is 4.62. The Morgan fingerprint density at radius 1 is 1.06 bits per heavy atom. The SMILES string of the molecule is CCN1CCN(C(=O)c2c(C)noc2C)C[C@@H](Cc2ccccc2-c2ccc(C)cc2)C1=O. The molecular formula is C27H31N3O3. The minimum Gasteiger partial charge on any atom is -0.361 e. The molecule has 0 spiro atoms. The summed E-state index contributed by atoms with van der Waals surface area (Å²) in [4.78, 5) is 30.4. The first kappa shape index (κ1) is 22.8. The zero-order chi connectivity index (χ0) is 23.5. The van der Waals surface area contributed by atoms with E-state index in [1.54, 1.807) is 18.7 Å². The fraction of sp³-hybridized carbons (Fsp3) is 0.370. The smallest absolute Gasteiger partial charge is 0.259 e. The van der Waals surface area contributed by atoms with Gasteiger partial charge in [-0.1, -0.05) is 59.3 Å². The number of aryl methyl sites for hydroxylation is 3. The van der Waals surface area contributed by atoms with Crippen LogP contribution < -0.4 is 0 Å². The molecule has 1 atom stereocenters. The van der Waals surface area contributed by atoms with Crippen molar-refractivity contribution < 1.29 is 14.1 Å². The van der Waals surface area contributed by atoms with Gasteiger partial charge in [-0.25, -0.2) is 0 Å². The number of likely N-dealkylation sites (N-methyl/N-ethyl adjacent to an activating group) is 1. The number of aromatic nitrogens is 1. The Labute approximate surface area is 195 Å². The number of benzene rings is 2. The molecule has 0 saturated carbocycles. The van der Waals surface area contributed by atoms with Crippen LogP contribution in [0.2, 0.25) is 0 Å². The Bertz CT molecular complexity index is 1130. The molecule has 0 N–H and O–H groups in total. The average molecular weight is 446 g/mol. The van der Waals surface area contributed by atoms with Gasteiger partial charge in [0.2, 0.25) is 5.91 Å². The molecule has 6 heteroatoms. The third kappa shape index (κ3) is 4.70. The average Bonchev–Trinajstić information content (AvgIpc) is 3.06. The highest BCUT2D eigenvalue weighted by Crippen LogP contribution is 2.28. The van der Waals surface area contributed by atoms with E-state index in [0.717, 1.165) is 16.7 Å². The number of carbonyl (C=O) groups is 2. The van der Waals surface area contributed by atoms with Gasteiger partial charge >= 0.3 is 0 Å². The molecule has 0 radical (unpaired) electrons. The first-order chi connectivity index (χ1) is 15.9. The largest absolute Gasteiger partial charge is 0.361 e. The minimum atomic E-state index is -0.316. The number of hydrogen-bond acceptors (Lipinski definition) is 4. The van der Waals surface area contributed by atoms with Crippen molar-refractivity contribution in [1.29, 1.82) is 0 Å². The standard InChI is InChI=1S/C27H31N3O3/c1-5-29-14-15-30(27(32)25-19(3)28-33-20(25)4)17-23(26(29)31)16-22-8-6-7-9-24(22)21-12-10-18(2)11-13-21/h6-13,23H,5,14-17H2,1-4H3/t23-/m1/s1. The van der Waals surface area contributed by atoms with E-state index in [4.69, 9.17) is 4.52 Å². The molecule has 1 aliphatic heterocycles. The normalized spacial score (nSPS) is 16.7. The molecule has 33 heavy (non-hydrogen) atoms. The number of rotatable bonds is 5. The van der Waals surface area contributed by atoms with Crippen LogP contribution in [0, 0.1) is 26.7 Å². The maximum Gasteiger partial charge on any atom is 0.259 e. The third-order valence-corrected chi connectivity index (χ3v) is 6.50. The van der Waals surface area contributed by atoms with Gasteiger partial charge in [0.25, 0.3) is 5.91 Å². The van der Waals surface area contributed by atoms with Gasteiger partial charge in [-0.3, -0.25) is 9.59 Å². The molecule has 172 valence electrons. The lowest BCUT2D eigenvalue weighted by Gasteiger charge is -2.24. The monoisotopic (exact) mass is 445 g/mol. The van der Waals surface area contributed by atoms with Crippen LogP contribution in [-0.2, 0) is 11.2 Å². The van der Waals surface area contributed by atoms with Crippen molar-refractivity contribution in [2.75, 3.05) is 26.2 Å². The molecule has 2 heterocycles. The Morgan fingerprint density at radius 2 is 1.79 bits per heavy atom. The fourth-order valence-corrected chi connectivity index (χ4v) is 4.62. The molecule has 1 aliphatic rings. The predicted octanol–water partition coefficient (Wildman–Crippen LogP) is 4.43. The Balaban J connectivity index is 1.65. The van der Waals surface area contributed by atoms with Crippen LogP contribution in [0.5, 0.6) is 0 Å². The van der Waals surface area contributed by atoms with E-state index in [0.29, 0.717) is 49.6 Å². The van der Waals surface area contributed by atoms with Crippen LogP contribution in [-0.4, -0.2) is 52.9 Å². The molecule has 1 aromatic heterocycles. The molecule has 0 aliphatic carbocycles. The number of nitrogens with zero attached hydrogens (tertiary/aromatic N) is 3. The van der Waals surface area contributed by atoms with Crippen molar-refractivity contribution in [3.8, 4) is 11.1 Å². The van der Waals surface area contributed by atoms with Crippen molar-refractivity contribution in [3.63, 3.8) is 0 Å². The summed E-state index contributed by atoms with van der Waals surface area (Å²) in [7, 11) is 0. The van der Waals surface area contributed by atoms with Crippen LogP contribution in [0.1, 0.15) is 39.9 Å². The van der Waals surface area contributed by atoms with Gasteiger partial charge in [-0.2, -0.15) is 0 Å². The zero-order valence-corrected chi connectivity index (χ0v) is 19.8. The second-order valence-electron chi connectivity index (χ2n) is 8.79. The van der Waals surface area contributed by atoms with Crippen LogP contribution in [0.25, 0.3) is 11.1 Å². The summed E-state index contributed by atoms with van der Waals surface area (Å²) in [6.45, 7) is 9.62. The quantitative estimate of drug-likeness (QED) is 0.583. The topological polar surface area (TPSA) is 66.7 Å². The number of carbonyl (C=O) groups excluding carboxylic acids is 2. The minimum absolute atomic E-state index is 0.102. The maximum absolute atomic E-state index is 13.4. The molecule has 1 fully saturated rings. The van der Waals surface area contributed by atoms with Crippen LogP contribution in [0.3, 0.4) is 0 Å². The van der Waals surface area contributed by atoms with Gasteiger partial charge in [-0.15, -0.1) is 0 Å². The second kappa shape index (κ2) is 9.61. The van der Waals surface area contributed by atoms with Crippen molar-refractivity contribution >= 4 is 11.8 Å². The lowest BCUT2D eigenvalue weighted by molar-refractivity contribution is -0.134. The highest BCUT2D eigenvalue weighted by molar-refractivity contribution is 5.96. The molecule has 6 nitrogen and oxygen atoms in total. The molecule has 2 aromatic carbocycles. The molecule has 0 bridgehead atoms. The van der Waals surface area contributed by atoms with E-state index in [9.17, 15) is 9.59 Å². The van der Waals surface area contributed by atoms with Crippen molar-refractivity contribution in [2.24, 2.45) is 5.92 Å². The summed E-state index contributed by atoms with van der Waals surface area (Å²) in [5.41, 5.74) is 5.67. The van der Waals surface area contributed by atoms with Crippen LogP contribution in [0.4, 0.5) is 0 Å². The van der Waals surface area contributed by atoms with Crippen molar-refractivity contribution in [1.82, 2.24) is 15.0 Å². The third-order valence-electron chi connectivity index (χ3n) is 6.50. The molecule has 3 aromatic rings. The second-order valence-corrected chi connectivity index (χ2v) is 8.79. The number of amides is 2. The lowest BCUT2D eigenvalue weighted by Crippen LogP contribution is -2.38. The van der Waals surface area contributed by atoms with E-state index >= 15 is 0 Å². The summed E-state index contributed by atoms with van der Waals surface area (Å²) in [6, 6.07) is 16.7. The number of hydrogen-bond donors (Lipinski definition) is 0. The van der Waals surface area contributed by atoms with E-state index in [1.807, 2.05) is 24.0 Å². The van der Waals surface area contributed by atoms with Crippen molar-refractivity contribution in [3.05, 3.63) is 76.7 Å². The predicted molar refractivity (Wildman–Crippen MR) is 128 cm³/mol. The van der Waals surface area contributed by atoms with E-state index in [2.05, 4.69) is 48.5 Å². The van der Waals surface area contributed by atoms with Gasteiger partial charge in [0.05, 0.1) is 11.6 Å². The van der Waals surface area contributed by atoms with E-state index < -0.39 is 0 Å².